The number of aliphatic hydroxyl groups excluding tert-OH is 2. The maximum atomic E-state index is 14.5. The van der Waals surface area contributed by atoms with E-state index in [0.717, 1.165) is 17.6 Å². The lowest BCUT2D eigenvalue weighted by atomic mass is 9.70. The van der Waals surface area contributed by atoms with Gasteiger partial charge in [0.2, 0.25) is 0 Å². The van der Waals surface area contributed by atoms with E-state index in [4.69, 9.17) is 52.1 Å². The van der Waals surface area contributed by atoms with Gasteiger partial charge in [-0.3, -0.25) is 4.79 Å². The molecule has 5 saturated heterocycles. The van der Waals surface area contributed by atoms with E-state index in [2.05, 4.69) is 26.8 Å². The second-order valence-electron chi connectivity index (χ2n) is 19.7. The van der Waals surface area contributed by atoms with Crippen LogP contribution in [0.1, 0.15) is 100 Å². The summed E-state index contributed by atoms with van der Waals surface area (Å²) in [5, 5.41) is 34.8. The zero-order valence-corrected chi connectivity index (χ0v) is 39.8. The molecule has 64 heavy (non-hydrogen) atoms. The van der Waals surface area contributed by atoms with Crippen LogP contribution in [0.15, 0.2) is 47.1 Å². The number of methoxy groups -OCH3 is 3. The van der Waals surface area contributed by atoms with Crippen molar-refractivity contribution in [2.75, 3.05) is 27.9 Å². The maximum absolute atomic E-state index is 14.5. The van der Waals surface area contributed by atoms with Crippen molar-refractivity contribution in [2.45, 2.75) is 204 Å². The van der Waals surface area contributed by atoms with Gasteiger partial charge < -0.3 is 67.4 Å². The predicted molar refractivity (Wildman–Crippen MR) is 234 cm³/mol. The van der Waals surface area contributed by atoms with E-state index in [0.29, 0.717) is 31.3 Å². The molecule has 0 unspecified atom stereocenters. The van der Waals surface area contributed by atoms with Gasteiger partial charge in [-0.2, -0.15) is 0 Å². The van der Waals surface area contributed by atoms with Crippen molar-refractivity contribution < 1.29 is 72.2 Å². The lowest BCUT2D eigenvalue weighted by Crippen LogP contribution is -2.60. The highest BCUT2D eigenvalue weighted by Crippen LogP contribution is 2.48. The van der Waals surface area contributed by atoms with Gasteiger partial charge in [0.1, 0.15) is 42.0 Å². The molecule has 15 heteroatoms. The molecular weight excluding hydrogens is 829 g/mol. The molecule has 1 aliphatic carbocycles. The molecule has 0 aromatic heterocycles. The number of esters is 1. The van der Waals surface area contributed by atoms with Crippen LogP contribution in [0.2, 0.25) is 0 Å². The summed E-state index contributed by atoms with van der Waals surface area (Å²) < 4.78 is 69.9. The minimum absolute atomic E-state index is 0.0971. The summed E-state index contributed by atoms with van der Waals surface area (Å²) in [5.74, 6) is -2.98. The van der Waals surface area contributed by atoms with Crippen LogP contribution in [0, 0.1) is 23.7 Å². The van der Waals surface area contributed by atoms with Crippen molar-refractivity contribution in [1.29, 1.82) is 0 Å². The topological polar surface area (TPSA) is 179 Å². The Morgan fingerprint density at radius 1 is 0.859 bits per heavy atom. The molecule has 362 valence electrons. The second-order valence-corrected chi connectivity index (χ2v) is 19.7. The molecule has 15 nitrogen and oxygen atoms in total. The first-order valence-corrected chi connectivity index (χ1v) is 23.6. The average molecular weight is 905 g/mol. The van der Waals surface area contributed by atoms with E-state index in [1.54, 1.807) is 34.3 Å². The fraction of sp³-hybridized carbons (Fsp3) is 0.816. The largest absolute Gasteiger partial charge is 0.462 e. The van der Waals surface area contributed by atoms with E-state index < -0.39 is 103 Å². The first kappa shape index (κ1) is 49.8. The molecule has 0 radical (unpaired) electrons. The molecule has 0 aromatic carbocycles. The summed E-state index contributed by atoms with van der Waals surface area (Å²) in [6.07, 6.45) is 4.40. The fourth-order valence-electron chi connectivity index (χ4n) is 11.3. The number of carbonyl (C=O) groups is 1. The molecule has 6 aliphatic heterocycles. The Balaban J connectivity index is 1.20. The summed E-state index contributed by atoms with van der Waals surface area (Å²) >= 11 is 0. The Kier molecular flexibility index (Phi) is 16.1. The molecule has 5 fully saturated rings. The lowest BCUT2D eigenvalue weighted by molar-refractivity contribution is -0.354. The van der Waals surface area contributed by atoms with Gasteiger partial charge >= 0.3 is 5.97 Å². The third-order valence-electron chi connectivity index (χ3n) is 15.3. The van der Waals surface area contributed by atoms with E-state index in [9.17, 15) is 20.1 Å². The van der Waals surface area contributed by atoms with Crippen LogP contribution in [0.5, 0.6) is 0 Å². The van der Waals surface area contributed by atoms with Crippen molar-refractivity contribution >= 4 is 5.97 Å². The molecule has 0 amide bonds. The molecule has 1 spiro atoms. The third kappa shape index (κ3) is 10.0. The number of ether oxygens (including phenoxy) is 11. The van der Waals surface area contributed by atoms with E-state index in [1.807, 2.05) is 45.9 Å². The minimum Gasteiger partial charge on any atom is -0.462 e. The first-order chi connectivity index (χ1) is 30.4. The van der Waals surface area contributed by atoms with E-state index in [1.165, 1.54) is 0 Å². The van der Waals surface area contributed by atoms with Crippen LogP contribution in [-0.2, 0) is 56.9 Å². The molecule has 0 saturated carbocycles. The summed E-state index contributed by atoms with van der Waals surface area (Å²) in [5.41, 5.74) is 0.516. The highest BCUT2D eigenvalue weighted by atomic mass is 16.7. The molecule has 6 heterocycles. The van der Waals surface area contributed by atoms with Crippen LogP contribution in [-0.4, -0.2) is 153 Å². The highest BCUT2D eigenvalue weighted by Gasteiger charge is 2.61. The smallest absolute Gasteiger partial charge is 0.316 e. The van der Waals surface area contributed by atoms with Gasteiger partial charge in [0.15, 0.2) is 18.4 Å². The molecule has 7 aliphatic rings. The molecular formula is C49H76O15. The standard InChI is InChI=1S/C49H76O15/c1-12-25(2)43-29(6)36(50)23-48(64-43)22-34-19-33(63-48)17-16-27(4)42(61-40-21-38(55-10)45(31(8)59-40)62-39-20-37(54-9)41(51)30(7)58-39)26(3)14-13-15-32-24-57-46-44(56-11)28(5)18-35(47(52)60-34)49(32,46)53/h13-16,18,25-26,29-31,33-46,50-51,53H,12,17,19-24H2,1-11H3/b14-13+,27-16+,32-15+/t25-,26-,29-,30-,31-,33-,34+,35-,36-,37-,38-,39-,40-,41-,42-,43-,44-,45-,46-,48+,49-/m0/s1. The van der Waals surface area contributed by atoms with Crippen molar-refractivity contribution in [3.63, 3.8) is 0 Å². The highest BCUT2D eigenvalue weighted by molar-refractivity contribution is 5.78. The van der Waals surface area contributed by atoms with Crippen molar-refractivity contribution in [2.24, 2.45) is 23.7 Å². The summed E-state index contributed by atoms with van der Waals surface area (Å²) in [6, 6.07) is 0. The zero-order valence-electron chi connectivity index (χ0n) is 39.8. The number of carbonyl (C=O) groups excluding carboxylic acids is 1. The van der Waals surface area contributed by atoms with Crippen molar-refractivity contribution in [1.82, 2.24) is 0 Å². The quantitative estimate of drug-likeness (QED) is 0.202. The zero-order chi connectivity index (χ0) is 46.2. The SMILES string of the molecule is CC[C@H](C)[C@@H]1O[C@]2(C[C@H]3C[C@H](C/C=C(\C)[C@@H](O[C@H]4C[C@H](OC)[C@@H](O[C@H]5C[C@H](OC)[C@@H](O)[C@H](C)O5)[C@H](C)O4)[C@@H](C)/C=C/C=C4\CO[C@H]5[C@@H](OC)C(C)=C[C@@H](C(=O)O3)[C@@]45O)O2)C[C@H](O)[C@@H]1C. The number of aliphatic hydroxyl groups is 3. The monoisotopic (exact) mass is 905 g/mol. The number of fused-ring (bicyclic) bond motifs is 2. The van der Waals surface area contributed by atoms with Gasteiger partial charge in [-0.15, -0.1) is 0 Å². The van der Waals surface area contributed by atoms with Gasteiger partial charge in [0.25, 0.3) is 0 Å². The van der Waals surface area contributed by atoms with E-state index in [-0.39, 0.29) is 49.4 Å². The Hall–Kier alpha value is -2.09. The van der Waals surface area contributed by atoms with Crippen LogP contribution in [0.25, 0.3) is 0 Å². The average Bonchev–Trinajstić information content (AvgIpc) is 3.59. The molecule has 3 N–H and O–H groups in total. The second kappa shape index (κ2) is 20.6. The van der Waals surface area contributed by atoms with Gasteiger partial charge in [0, 0.05) is 65.3 Å². The van der Waals surface area contributed by atoms with Crippen LogP contribution >= 0.6 is 0 Å². The number of rotatable bonds is 9. The van der Waals surface area contributed by atoms with Gasteiger partial charge in [0.05, 0.1) is 55.4 Å². The van der Waals surface area contributed by atoms with Crippen molar-refractivity contribution in [3.05, 3.63) is 47.1 Å². The fourth-order valence-corrected chi connectivity index (χ4v) is 11.3. The maximum Gasteiger partial charge on any atom is 0.316 e. The Morgan fingerprint density at radius 2 is 1.56 bits per heavy atom. The molecule has 7 rings (SSSR count). The number of allylic oxidation sites excluding steroid dienone is 2. The van der Waals surface area contributed by atoms with Gasteiger partial charge in [-0.1, -0.05) is 64.5 Å². The number of hydrogen-bond acceptors (Lipinski definition) is 15. The van der Waals surface area contributed by atoms with Crippen LogP contribution < -0.4 is 0 Å². The summed E-state index contributed by atoms with van der Waals surface area (Å²) in [7, 11) is 4.79. The normalized spacial score (nSPS) is 49.4. The predicted octanol–water partition coefficient (Wildman–Crippen LogP) is 5.23. The molecule has 0 aromatic rings. The molecule has 2 bridgehead atoms. The van der Waals surface area contributed by atoms with E-state index >= 15 is 0 Å². The van der Waals surface area contributed by atoms with Crippen LogP contribution in [0.4, 0.5) is 0 Å². The Labute approximate surface area is 379 Å². The minimum atomic E-state index is -1.74. The molecule has 21 atom stereocenters. The summed E-state index contributed by atoms with van der Waals surface area (Å²) in [6.45, 7) is 16.1. The first-order valence-electron chi connectivity index (χ1n) is 23.6. The third-order valence-corrected chi connectivity index (χ3v) is 15.3. The van der Waals surface area contributed by atoms with Gasteiger partial charge in [-0.25, -0.2) is 0 Å². The summed E-state index contributed by atoms with van der Waals surface area (Å²) in [4.78, 5) is 14.5. The Bertz CT molecular complexity index is 1730. The number of hydrogen-bond donors (Lipinski definition) is 3. The van der Waals surface area contributed by atoms with Crippen molar-refractivity contribution in [3.8, 4) is 0 Å². The Morgan fingerprint density at radius 3 is 2.27 bits per heavy atom. The van der Waals surface area contributed by atoms with Gasteiger partial charge in [-0.05, 0) is 56.8 Å². The lowest BCUT2D eigenvalue weighted by Gasteiger charge is -2.52. The van der Waals surface area contributed by atoms with Crippen LogP contribution in [0.3, 0.4) is 0 Å².